The van der Waals surface area contributed by atoms with Crippen LogP contribution in [-0.4, -0.2) is 12.5 Å². The Labute approximate surface area is 110 Å². The molecule has 1 N–H and O–H groups in total. The molecule has 0 aromatic heterocycles. The van der Waals surface area contributed by atoms with Crippen LogP contribution in [0.2, 0.25) is 0 Å². The Morgan fingerprint density at radius 3 is 2.82 bits per heavy atom. The van der Waals surface area contributed by atoms with E-state index >= 15 is 0 Å². The first kappa shape index (κ1) is 13.7. The molecule has 3 nitrogen and oxygen atoms in total. The molecule has 1 unspecified atom stereocenters. The van der Waals surface area contributed by atoms with E-state index in [0.29, 0.717) is 13.0 Å². The minimum absolute atomic E-state index is 0.179. The lowest BCUT2D eigenvalue weighted by Crippen LogP contribution is -2.31. The second kappa shape index (κ2) is 7.08. The molecule has 1 amide bonds. The summed E-state index contributed by atoms with van der Waals surface area (Å²) in [6.07, 6.45) is 1.31. The van der Waals surface area contributed by atoms with Crippen molar-refractivity contribution in [2.45, 2.75) is 19.8 Å². The summed E-state index contributed by atoms with van der Waals surface area (Å²) in [6.45, 7) is 2.39. The van der Waals surface area contributed by atoms with Crippen LogP contribution in [0.1, 0.15) is 18.9 Å². The maximum absolute atomic E-state index is 11.5. The first-order valence-corrected chi connectivity index (χ1v) is 6.39. The monoisotopic (exact) mass is 294 g/mol. The highest BCUT2D eigenvalue weighted by Gasteiger charge is 2.14. The van der Waals surface area contributed by atoms with Crippen molar-refractivity contribution in [3.63, 3.8) is 0 Å². The van der Waals surface area contributed by atoms with Crippen LogP contribution in [0.5, 0.6) is 0 Å². The zero-order chi connectivity index (χ0) is 12.7. The van der Waals surface area contributed by atoms with Crippen LogP contribution in [-0.2, 0) is 11.2 Å². The highest BCUT2D eigenvalue weighted by Crippen LogP contribution is 2.15. The minimum atomic E-state index is -0.533. The van der Waals surface area contributed by atoms with E-state index in [1.54, 1.807) is 0 Å². The van der Waals surface area contributed by atoms with E-state index in [-0.39, 0.29) is 5.91 Å². The lowest BCUT2D eigenvalue weighted by atomic mass is 10.1. The van der Waals surface area contributed by atoms with Crippen LogP contribution in [0.15, 0.2) is 28.7 Å². The largest absolute Gasteiger partial charge is 0.355 e. The quantitative estimate of drug-likeness (QED) is 0.908. The van der Waals surface area contributed by atoms with Gasteiger partial charge in [-0.3, -0.25) is 4.79 Å². The summed E-state index contributed by atoms with van der Waals surface area (Å²) < 4.78 is 1.04. The molecule has 17 heavy (non-hydrogen) atoms. The summed E-state index contributed by atoms with van der Waals surface area (Å²) in [5.74, 6) is -0.712. The summed E-state index contributed by atoms with van der Waals surface area (Å²) in [5.41, 5.74) is 1.15. The number of nitriles is 1. The maximum Gasteiger partial charge on any atom is 0.237 e. The third kappa shape index (κ3) is 4.20. The van der Waals surface area contributed by atoms with Crippen molar-refractivity contribution >= 4 is 21.8 Å². The van der Waals surface area contributed by atoms with E-state index in [2.05, 4.69) is 21.2 Å². The van der Waals surface area contributed by atoms with Gasteiger partial charge in [-0.25, -0.2) is 0 Å². The number of carbonyl (C=O) groups excluding carboxylic acids is 1. The average Bonchev–Trinajstić information content (AvgIpc) is 2.33. The third-order valence-electron chi connectivity index (χ3n) is 2.53. The fourth-order valence-electron chi connectivity index (χ4n) is 1.48. The number of rotatable bonds is 5. The van der Waals surface area contributed by atoms with E-state index in [0.717, 1.165) is 16.5 Å². The molecule has 1 aromatic rings. The van der Waals surface area contributed by atoms with Crippen molar-refractivity contribution in [3.8, 4) is 6.07 Å². The fraction of sp³-hybridized carbons (Fsp3) is 0.385. The predicted octanol–water partition coefficient (Wildman–Crippen LogP) is 2.66. The highest BCUT2D eigenvalue weighted by molar-refractivity contribution is 9.10. The van der Waals surface area contributed by atoms with Crippen molar-refractivity contribution in [1.29, 1.82) is 5.26 Å². The molecule has 0 radical (unpaired) electrons. The van der Waals surface area contributed by atoms with E-state index in [1.807, 2.05) is 37.3 Å². The number of benzene rings is 1. The van der Waals surface area contributed by atoms with Gasteiger partial charge in [-0.05, 0) is 24.5 Å². The Hall–Kier alpha value is -1.34. The van der Waals surface area contributed by atoms with Crippen LogP contribution in [0, 0.1) is 17.2 Å². The summed E-state index contributed by atoms with van der Waals surface area (Å²) in [7, 11) is 0. The molecule has 4 heteroatoms. The zero-order valence-corrected chi connectivity index (χ0v) is 11.3. The van der Waals surface area contributed by atoms with Gasteiger partial charge in [-0.1, -0.05) is 41.1 Å². The first-order chi connectivity index (χ1) is 8.19. The van der Waals surface area contributed by atoms with E-state index < -0.39 is 5.92 Å². The second-order valence-electron chi connectivity index (χ2n) is 3.72. The van der Waals surface area contributed by atoms with Crippen molar-refractivity contribution in [2.24, 2.45) is 5.92 Å². The molecule has 0 saturated carbocycles. The Bertz CT molecular complexity index is 426. The fourth-order valence-corrected chi connectivity index (χ4v) is 1.96. The molecule has 0 heterocycles. The standard InChI is InChI=1S/C13H15BrN2O/c1-2-10(9-15)13(17)16-8-7-11-5-3-4-6-12(11)14/h3-6,10H,2,7-8H2,1H3,(H,16,17). The van der Waals surface area contributed by atoms with Gasteiger partial charge in [0, 0.05) is 11.0 Å². The Morgan fingerprint density at radius 2 is 2.24 bits per heavy atom. The Kier molecular flexibility index (Phi) is 5.71. The van der Waals surface area contributed by atoms with Gasteiger partial charge in [0.05, 0.1) is 6.07 Å². The third-order valence-corrected chi connectivity index (χ3v) is 3.31. The average molecular weight is 295 g/mol. The molecule has 1 aromatic carbocycles. The van der Waals surface area contributed by atoms with E-state index in [1.165, 1.54) is 0 Å². The van der Waals surface area contributed by atoms with Crippen LogP contribution >= 0.6 is 15.9 Å². The molecule has 1 atom stereocenters. The molecular formula is C13H15BrN2O. The van der Waals surface area contributed by atoms with Gasteiger partial charge in [-0.15, -0.1) is 0 Å². The normalized spacial score (nSPS) is 11.6. The molecule has 0 spiro atoms. The summed E-state index contributed by atoms with van der Waals surface area (Å²) in [4.78, 5) is 11.5. The van der Waals surface area contributed by atoms with Crippen LogP contribution in [0.3, 0.4) is 0 Å². The molecule has 0 bridgehead atoms. The van der Waals surface area contributed by atoms with E-state index in [4.69, 9.17) is 5.26 Å². The van der Waals surface area contributed by atoms with Crippen LogP contribution < -0.4 is 5.32 Å². The van der Waals surface area contributed by atoms with Crippen molar-refractivity contribution in [1.82, 2.24) is 5.32 Å². The molecule has 0 aliphatic carbocycles. The molecule has 0 saturated heterocycles. The lowest BCUT2D eigenvalue weighted by molar-refractivity contribution is -0.123. The molecule has 0 fully saturated rings. The summed E-state index contributed by atoms with van der Waals surface area (Å²) in [6, 6.07) is 9.89. The molecule has 0 aliphatic rings. The molecule has 1 rings (SSSR count). The highest BCUT2D eigenvalue weighted by atomic mass is 79.9. The number of carbonyl (C=O) groups is 1. The van der Waals surface area contributed by atoms with Crippen LogP contribution in [0.4, 0.5) is 0 Å². The Morgan fingerprint density at radius 1 is 1.53 bits per heavy atom. The Balaban J connectivity index is 2.41. The summed E-state index contributed by atoms with van der Waals surface area (Å²) in [5, 5.41) is 11.5. The number of hydrogen-bond donors (Lipinski definition) is 1. The smallest absolute Gasteiger partial charge is 0.237 e. The number of nitrogens with zero attached hydrogens (tertiary/aromatic N) is 1. The maximum atomic E-state index is 11.5. The van der Waals surface area contributed by atoms with Crippen molar-refractivity contribution in [2.75, 3.05) is 6.54 Å². The SMILES string of the molecule is CCC(C#N)C(=O)NCCc1ccccc1Br. The van der Waals surface area contributed by atoms with Gasteiger partial charge < -0.3 is 5.32 Å². The minimum Gasteiger partial charge on any atom is -0.355 e. The van der Waals surface area contributed by atoms with Gasteiger partial charge in [-0.2, -0.15) is 5.26 Å². The topological polar surface area (TPSA) is 52.9 Å². The predicted molar refractivity (Wildman–Crippen MR) is 70.2 cm³/mol. The van der Waals surface area contributed by atoms with Crippen molar-refractivity contribution in [3.05, 3.63) is 34.3 Å². The summed E-state index contributed by atoms with van der Waals surface area (Å²) >= 11 is 3.45. The van der Waals surface area contributed by atoms with E-state index in [9.17, 15) is 4.79 Å². The molecule has 90 valence electrons. The van der Waals surface area contributed by atoms with Gasteiger partial charge in [0.2, 0.25) is 5.91 Å². The first-order valence-electron chi connectivity index (χ1n) is 5.59. The second-order valence-corrected chi connectivity index (χ2v) is 4.58. The number of amides is 1. The van der Waals surface area contributed by atoms with Gasteiger partial charge in [0.1, 0.15) is 5.92 Å². The van der Waals surface area contributed by atoms with Gasteiger partial charge in [0.25, 0.3) is 0 Å². The number of hydrogen-bond acceptors (Lipinski definition) is 2. The molecular weight excluding hydrogens is 280 g/mol. The lowest BCUT2D eigenvalue weighted by Gasteiger charge is -2.08. The zero-order valence-electron chi connectivity index (χ0n) is 9.74. The number of halogens is 1. The number of nitrogens with one attached hydrogen (secondary N) is 1. The van der Waals surface area contributed by atoms with Gasteiger partial charge >= 0.3 is 0 Å². The van der Waals surface area contributed by atoms with Crippen molar-refractivity contribution < 1.29 is 4.79 Å². The van der Waals surface area contributed by atoms with Crippen LogP contribution in [0.25, 0.3) is 0 Å². The molecule has 0 aliphatic heterocycles. The van der Waals surface area contributed by atoms with Gasteiger partial charge in [0.15, 0.2) is 0 Å².